The van der Waals surface area contributed by atoms with Crippen LogP contribution in [0.4, 0.5) is 18.9 Å². The molecule has 8 heteroatoms. The lowest BCUT2D eigenvalue weighted by atomic mass is 10.2. The van der Waals surface area contributed by atoms with Crippen molar-refractivity contribution in [1.82, 2.24) is 10.2 Å². The summed E-state index contributed by atoms with van der Waals surface area (Å²) < 4.78 is 38.2. The van der Waals surface area contributed by atoms with E-state index in [-0.39, 0.29) is 15.7 Å². The quantitative estimate of drug-likeness (QED) is 0.906. The second-order valence-electron chi connectivity index (χ2n) is 3.81. The maximum Gasteiger partial charge on any atom is 0.416 e. The number of carbonyl (C=O) groups is 1. The first-order valence-electron chi connectivity index (χ1n) is 5.32. The Hall–Kier alpha value is -1.96. The second kappa shape index (κ2) is 5.58. The van der Waals surface area contributed by atoms with Crippen molar-refractivity contribution in [3.05, 3.63) is 52.3 Å². The van der Waals surface area contributed by atoms with Gasteiger partial charge in [0.2, 0.25) is 0 Å². The summed E-state index contributed by atoms with van der Waals surface area (Å²) in [6, 6.07) is 4.58. The van der Waals surface area contributed by atoms with Crippen LogP contribution in [-0.2, 0) is 6.18 Å². The van der Waals surface area contributed by atoms with Crippen molar-refractivity contribution in [1.29, 1.82) is 0 Å². The van der Waals surface area contributed by atoms with Gasteiger partial charge in [0.05, 0.1) is 23.5 Å². The fourth-order valence-corrected chi connectivity index (χ4v) is 1.95. The van der Waals surface area contributed by atoms with Crippen LogP contribution in [0.2, 0.25) is 0 Å². The Kier molecular flexibility index (Phi) is 4.03. The van der Waals surface area contributed by atoms with Gasteiger partial charge in [0.25, 0.3) is 5.91 Å². The Morgan fingerprint density at radius 3 is 2.55 bits per heavy atom. The number of hydrogen-bond acceptors (Lipinski definition) is 3. The molecule has 0 spiro atoms. The molecule has 104 valence electrons. The average molecular weight is 346 g/mol. The number of nitrogens with zero attached hydrogens (tertiary/aromatic N) is 2. The lowest BCUT2D eigenvalue weighted by molar-refractivity contribution is -0.137. The number of halogens is 4. The Morgan fingerprint density at radius 1 is 1.20 bits per heavy atom. The number of anilines is 1. The highest BCUT2D eigenvalue weighted by molar-refractivity contribution is 9.10. The summed E-state index contributed by atoms with van der Waals surface area (Å²) >= 11 is 2.98. The summed E-state index contributed by atoms with van der Waals surface area (Å²) in [5.74, 6) is -0.564. The van der Waals surface area contributed by atoms with Gasteiger partial charge in [0.15, 0.2) is 0 Å². The highest BCUT2D eigenvalue weighted by atomic mass is 79.9. The monoisotopic (exact) mass is 345 g/mol. The van der Waals surface area contributed by atoms with E-state index >= 15 is 0 Å². The second-order valence-corrected chi connectivity index (χ2v) is 4.73. The van der Waals surface area contributed by atoms with Gasteiger partial charge in [-0.3, -0.25) is 4.79 Å². The van der Waals surface area contributed by atoms with Crippen LogP contribution in [0.25, 0.3) is 0 Å². The van der Waals surface area contributed by atoms with Crippen molar-refractivity contribution < 1.29 is 18.0 Å². The zero-order valence-electron chi connectivity index (χ0n) is 9.78. The van der Waals surface area contributed by atoms with Gasteiger partial charge in [-0.25, -0.2) is 0 Å². The number of nitrogens with one attached hydrogen (secondary N) is 1. The Bertz CT molecular complexity index is 632. The lowest BCUT2D eigenvalue weighted by Crippen LogP contribution is -2.13. The molecule has 0 atom stereocenters. The molecule has 4 nitrogen and oxygen atoms in total. The molecule has 0 saturated heterocycles. The standard InChI is InChI=1S/C12H7BrF3N3O/c13-9-3-8(12(14,15)16)4-10(5-9)19-11(20)7-1-2-17-18-6-7/h1-6H,(H,19,20). The van der Waals surface area contributed by atoms with Gasteiger partial charge in [-0.05, 0) is 24.3 Å². The normalized spacial score (nSPS) is 11.2. The molecule has 1 aromatic heterocycles. The van der Waals surface area contributed by atoms with E-state index in [4.69, 9.17) is 0 Å². The number of rotatable bonds is 2. The van der Waals surface area contributed by atoms with Crippen molar-refractivity contribution in [3.63, 3.8) is 0 Å². The molecule has 0 fully saturated rings. The number of aromatic nitrogens is 2. The predicted octanol–water partition coefficient (Wildman–Crippen LogP) is 3.51. The maximum absolute atomic E-state index is 12.7. The van der Waals surface area contributed by atoms with E-state index in [1.807, 2.05) is 0 Å². The van der Waals surface area contributed by atoms with Crippen LogP contribution >= 0.6 is 15.9 Å². The van der Waals surface area contributed by atoms with E-state index in [9.17, 15) is 18.0 Å². The molecule has 20 heavy (non-hydrogen) atoms. The molecule has 1 aromatic carbocycles. The number of benzene rings is 1. The van der Waals surface area contributed by atoms with Gasteiger partial charge in [-0.1, -0.05) is 15.9 Å². The van der Waals surface area contributed by atoms with Gasteiger partial charge in [-0.15, -0.1) is 0 Å². The molecule has 0 radical (unpaired) electrons. The minimum atomic E-state index is -4.48. The minimum absolute atomic E-state index is 0.0357. The first-order valence-corrected chi connectivity index (χ1v) is 6.11. The summed E-state index contributed by atoms with van der Waals surface area (Å²) in [5, 5.41) is 9.41. The third-order valence-corrected chi connectivity index (χ3v) is 2.79. The summed E-state index contributed by atoms with van der Waals surface area (Å²) in [6.07, 6.45) is -1.95. The van der Waals surface area contributed by atoms with Gasteiger partial charge in [0.1, 0.15) is 0 Å². The molecule has 2 rings (SSSR count). The lowest BCUT2D eigenvalue weighted by Gasteiger charge is -2.11. The van der Waals surface area contributed by atoms with Crippen molar-refractivity contribution >= 4 is 27.5 Å². The molecule has 0 bridgehead atoms. The third kappa shape index (κ3) is 3.53. The average Bonchev–Trinajstić information content (AvgIpc) is 2.38. The molecule has 1 amide bonds. The molecule has 0 aliphatic carbocycles. The van der Waals surface area contributed by atoms with E-state index < -0.39 is 17.6 Å². The van der Waals surface area contributed by atoms with Crippen LogP contribution < -0.4 is 5.32 Å². The SMILES string of the molecule is O=C(Nc1cc(Br)cc(C(F)(F)F)c1)c1ccnnc1. The fourth-order valence-electron chi connectivity index (χ4n) is 1.45. The van der Waals surface area contributed by atoms with Crippen LogP contribution in [0.1, 0.15) is 15.9 Å². The molecular formula is C12H7BrF3N3O. The van der Waals surface area contributed by atoms with Crippen LogP contribution in [0, 0.1) is 0 Å². The van der Waals surface area contributed by atoms with Crippen molar-refractivity contribution in [2.45, 2.75) is 6.18 Å². The minimum Gasteiger partial charge on any atom is -0.322 e. The summed E-state index contributed by atoms with van der Waals surface area (Å²) in [6.45, 7) is 0. The Labute approximate surface area is 120 Å². The topological polar surface area (TPSA) is 54.9 Å². The summed E-state index contributed by atoms with van der Waals surface area (Å²) in [7, 11) is 0. The Morgan fingerprint density at radius 2 is 1.95 bits per heavy atom. The first-order chi connectivity index (χ1) is 9.36. The van der Waals surface area contributed by atoms with E-state index in [2.05, 4.69) is 31.4 Å². The zero-order valence-corrected chi connectivity index (χ0v) is 11.4. The van der Waals surface area contributed by atoms with E-state index in [1.165, 1.54) is 24.5 Å². The van der Waals surface area contributed by atoms with E-state index in [1.54, 1.807) is 0 Å². The van der Waals surface area contributed by atoms with Gasteiger partial charge >= 0.3 is 6.18 Å². The van der Waals surface area contributed by atoms with Gasteiger partial charge in [0, 0.05) is 10.2 Å². The summed E-state index contributed by atoms with van der Waals surface area (Å²) in [5.41, 5.74) is -0.614. The van der Waals surface area contributed by atoms with Crippen molar-refractivity contribution in [3.8, 4) is 0 Å². The largest absolute Gasteiger partial charge is 0.416 e. The molecule has 0 aliphatic heterocycles. The predicted molar refractivity (Wildman–Crippen MR) is 69.1 cm³/mol. The molecule has 0 unspecified atom stereocenters. The number of amides is 1. The molecular weight excluding hydrogens is 339 g/mol. The fraction of sp³-hybridized carbons (Fsp3) is 0.0833. The first kappa shape index (κ1) is 14.4. The zero-order chi connectivity index (χ0) is 14.8. The number of hydrogen-bond donors (Lipinski definition) is 1. The Balaban J connectivity index is 2.26. The third-order valence-electron chi connectivity index (χ3n) is 2.33. The molecule has 0 aliphatic rings. The maximum atomic E-state index is 12.7. The smallest absolute Gasteiger partial charge is 0.322 e. The van der Waals surface area contributed by atoms with Crippen molar-refractivity contribution in [2.24, 2.45) is 0 Å². The van der Waals surface area contributed by atoms with Crippen LogP contribution in [-0.4, -0.2) is 16.1 Å². The summed E-state index contributed by atoms with van der Waals surface area (Å²) in [4.78, 5) is 11.8. The van der Waals surface area contributed by atoms with Crippen LogP contribution in [0.3, 0.4) is 0 Å². The molecule has 2 aromatic rings. The number of carbonyl (C=O) groups excluding carboxylic acids is 1. The van der Waals surface area contributed by atoms with Crippen LogP contribution in [0.5, 0.6) is 0 Å². The van der Waals surface area contributed by atoms with E-state index in [0.717, 1.165) is 12.1 Å². The number of alkyl halides is 3. The van der Waals surface area contributed by atoms with Gasteiger partial charge < -0.3 is 5.32 Å². The highest BCUT2D eigenvalue weighted by Crippen LogP contribution is 2.33. The van der Waals surface area contributed by atoms with Gasteiger partial charge in [-0.2, -0.15) is 23.4 Å². The molecule has 0 saturated carbocycles. The highest BCUT2D eigenvalue weighted by Gasteiger charge is 2.31. The van der Waals surface area contributed by atoms with Crippen LogP contribution in [0.15, 0.2) is 41.1 Å². The molecule has 1 N–H and O–H groups in total. The van der Waals surface area contributed by atoms with E-state index in [0.29, 0.717) is 0 Å². The van der Waals surface area contributed by atoms with Crippen molar-refractivity contribution in [2.75, 3.05) is 5.32 Å². The molecule has 1 heterocycles.